The zero-order valence-corrected chi connectivity index (χ0v) is 11.5. The number of fused-ring (bicyclic) bond motifs is 1. The van der Waals surface area contributed by atoms with Crippen molar-refractivity contribution in [2.24, 2.45) is 0 Å². The summed E-state index contributed by atoms with van der Waals surface area (Å²) in [6.45, 7) is 3.93. The number of benzene rings is 1. The molecule has 0 saturated heterocycles. The molecule has 0 spiro atoms. The first-order chi connectivity index (χ1) is 8.20. The van der Waals surface area contributed by atoms with E-state index in [-0.39, 0.29) is 6.10 Å². The molecule has 0 amide bonds. The summed E-state index contributed by atoms with van der Waals surface area (Å²) in [5, 5.41) is 3.33. The van der Waals surface area contributed by atoms with Crippen LogP contribution in [0.1, 0.15) is 12.5 Å². The van der Waals surface area contributed by atoms with Crippen molar-refractivity contribution >= 4 is 15.9 Å². The summed E-state index contributed by atoms with van der Waals surface area (Å²) in [4.78, 5) is 0. The molecule has 94 valence electrons. The van der Waals surface area contributed by atoms with Gasteiger partial charge in [-0.1, -0.05) is 0 Å². The van der Waals surface area contributed by atoms with E-state index < -0.39 is 0 Å². The topological polar surface area (TPSA) is 39.7 Å². The van der Waals surface area contributed by atoms with Crippen LogP contribution in [0.25, 0.3) is 0 Å². The molecule has 0 saturated carbocycles. The lowest BCUT2D eigenvalue weighted by Crippen LogP contribution is -2.25. The average molecular weight is 302 g/mol. The number of rotatable bonds is 5. The quantitative estimate of drug-likeness (QED) is 0.906. The summed E-state index contributed by atoms with van der Waals surface area (Å²) in [7, 11) is 1.71. The molecule has 1 aliphatic heterocycles. The Labute approximate surface area is 109 Å². The molecule has 0 bridgehead atoms. The molecule has 2 rings (SSSR count). The first-order valence-electron chi connectivity index (χ1n) is 5.52. The van der Waals surface area contributed by atoms with Crippen molar-refractivity contribution in [2.75, 3.05) is 20.4 Å². The summed E-state index contributed by atoms with van der Waals surface area (Å²) in [5.41, 5.74) is 1.16. The third-order valence-electron chi connectivity index (χ3n) is 2.65. The van der Waals surface area contributed by atoms with Gasteiger partial charge in [0.2, 0.25) is 6.79 Å². The number of hydrogen-bond acceptors (Lipinski definition) is 4. The molecule has 0 radical (unpaired) electrons. The Balaban J connectivity index is 1.96. The number of hydrogen-bond donors (Lipinski definition) is 1. The minimum Gasteiger partial charge on any atom is -0.454 e. The molecular weight excluding hydrogens is 286 g/mol. The van der Waals surface area contributed by atoms with Crippen LogP contribution < -0.4 is 14.8 Å². The van der Waals surface area contributed by atoms with Crippen LogP contribution in [0.4, 0.5) is 0 Å². The number of methoxy groups -OCH3 is 1. The van der Waals surface area contributed by atoms with Crippen LogP contribution >= 0.6 is 15.9 Å². The van der Waals surface area contributed by atoms with Gasteiger partial charge in [0.1, 0.15) is 0 Å². The van der Waals surface area contributed by atoms with Crippen molar-refractivity contribution in [3.05, 3.63) is 22.2 Å². The van der Waals surface area contributed by atoms with Gasteiger partial charge in [0.25, 0.3) is 0 Å². The summed E-state index contributed by atoms with van der Waals surface area (Å²) < 4.78 is 16.8. The van der Waals surface area contributed by atoms with E-state index in [1.54, 1.807) is 7.11 Å². The van der Waals surface area contributed by atoms with E-state index >= 15 is 0 Å². The van der Waals surface area contributed by atoms with Gasteiger partial charge in [-0.3, -0.25) is 0 Å². The summed E-state index contributed by atoms with van der Waals surface area (Å²) >= 11 is 3.48. The summed E-state index contributed by atoms with van der Waals surface area (Å²) in [6, 6.07) is 4.04. The minimum absolute atomic E-state index is 0.215. The highest BCUT2D eigenvalue weighted by molar-refractivity contribution is 9.10. The second kappa shape index (κ2) is 5.71. The lowest BCUT2D eigenvalue weighted by molar-refractivity contribution is 0.117. The Kier molecular flexibility index (Phi) is 4.25. The van der Waals surface area contributed by atoms with Gasteiger partial charge in [-0.15, -0.1) is 0 Å². The second-order valence-corrected chi connectivity index (χ2v) is 4.84. The second-order valence-electron chi connectivity index (χ2n) is 3.99. The van der Waals surface area contributed by atoms with Crippen LogP contribution in [-0.4, -0.2) is 26.6 Å². The van der Waals surface area contributed by atoms with Gasteiger partial charge in [-0.2, -0.15) is 0 Å². The van der Waals surface area contributed by atoms with E-state index in [4.69, 9.17) is 14.2 Å². The molecule has 1 aromatic rings. The molecule has 5 heteroatoms. The normalized spacial score (nSPS) is 15.0. The van der Waals surface area contributed by atoms with E-state index in [1.807, 2.05) is 19.1 Å². The van der Waals surface area contributed by atoms with Crippen LogP contribution in [0.5, 0.6) is 11.5 Å². The van der Waals surface area contributed by atoms with Gasteiger partial charge < -0.3 is 19.5 Å². The summed E-state index contributed by atoms with van der Waals surface area (Å²) in [5.74, 6) is 1.59. The maximum atomic E-state index is 5.36. The van der Waals surface area contributed by atoms with Crippen LogP contribution in [0.3, 0.4) is 0 Å². The van der Waals surface area contributed by atoms with Crippen LogP contribution in [0.15, 0.2) is 16.6 Å². The molecule has 0 aromatic heterocycles. The number of halogens is 1. The van der Waals surface area contributed by atoms with Gasteiger partial charge in [0, 0.05) is 20.2 Å². The molecule has 1 atom stereocenters. The van der Waals surface area contributed by atoms with E-state index in [0.717, 1.165) is 34.6 Å². The number of ether oxygens (including phenoxy) is 3. The predicted molar refractivity (Wildman–Crippen MR) is 68.4 cm³/mol. The maximum Gasteiger partial charge on any atom is 0.231 e. The molecule has 0 aliphatic carbocycles. The van der Waals surface area contributed by atoms with Gasteiger partial charge >= 0.3 is 0 Å². The van der Waals surface area contributed by atoms with Gasteiger partial charge in [0.05, 0.1) is 10.6 Å². The molecule has 17 heavy (non-hydrogen) atoms. The van der Waals surface area contributed by atoms with Crippen molar-refractivity contribution in [3.8, 4) is 11.5 Å². The van der Waals surface area contributed by atoms with Crippen molar-refractivity contribution in [1.82, 2.24) is 5.32 Å². The van der Waals surface area contributed by atoms with Gasteiger partial charge in [-0.25, -0.2) is 0 Å². The zero-order valence-electron chi connectivity index (χ0n) is 9.96. The smallest absolute Gasteiger partial charge is 0.231 e. The fourth-order valence-electron chi connectivity index (χ4n) is 1.63. The Morgan fingerprint density at radius 2 is 2.29 bits per heavy atom. The Morgan fingerprint density at radius 3 is 3.06 bits per heavy atom. The SMILES string of the molecule is COC(C)CNCc1cc(Br)c2c(c1)OCO2. The molecular formula is C12H16BrNO3. The lowest BCUT2D eigenvalue weighted by Gasteiger charge is -2.11. The van der Waals surface area contributed by atoms with Crippen LogP contribution in [0, 0.1) is 0 Å². The molecule has 4 nitrogen and oxygen atoms in total. The highest BCUT2D eigenvalue weighted by atomic mass is 79.9. The van der Waals surface area contributed by atoms with E-state index in [9.17, 15) is 0 Å². The van der Waals surface area contributed by atoms with Crippen molar-refractivity contribution < 1.29 is 14.2 Å². The zero-order chi connectivity index (χ0) is 12.3. The largest absolute Gasteiger partial charge is 0.454 e. The average Bonchev–Trinajstić information content (AvgIpc) is 2.77. The van der Waals surface area contributed by atoms with Gasteiger partial charge in [0.15, 0.2) is 11.5 Å². The lowest BCUT2D eigenvalue weighted by atomic mass is 10.2. The Bertz CT molecular complexity index is 398. The van der Waals surface area contributed by atoms with Crippen LogP contribution in [0.2, 0.25) is 0 Å². The fraction of sp³-hybridized carbons (Fsp3) is 0.500. The highest BCUT2D eigenvalue weighted by Crippen LogP contribution is 2.39. The maximum absolute atomic E-state index is 5.36. The molecule has 1 aliphatic rings. The van der Waals surface area contributed by atoms with Gasteiger partial charge in [-0.05, 0) is 40.5 Å². The van der Waals surface area contributed by atoms with Crippen molar-refractivity contribution in [3.63, 3.8) is 0 Å². The van der Waals surface area contributed by atoms with Crippen molar-refractivity contribution in [1.29, 1.82) is 0 Å². The molecule has 1 N–H and O–H groups in total. The standard InChI is InChI=1S/C12H16BrNO3/c1-8(15-2)5-14-6-9-3-10(13)12-11(4-9)16-7-17-12/h3-4,8,14H,5-7H2,1-2H3. The number of nitrogens with one attached hydrogen (secondary N) is 1. The molecule has 1 unspecified atom stereocenters. The fourth-order valence-corrected chi connectivity index (χ4v) is 2.23. The molecule has 0 fully saturated rings. The van der Waals surface area contributed by atoms with Crippen molar-refractivity contribution in [2.45, 2.75) is 19.6 Å². The molecule has 1 heterocycles. The van der Waals surface area contributed by atoms with E-state index in [2.05, 4.69) is 21.2 Å². The highest BCUT2D eigenvalue weighted by Gasteiger charge is 2.17. The predicted octanol–water partition coefficient (Wildman–Crippen LogP) is 2.30. The Hall–Kier alpha value is -0.780. The monoisotopic (exact) mass is 301 g/mol. The first kappa shape index (κ1) is 12.7. The summed E-state index contributed by atoms with van der Waals surface area (Å²) in [6.07, 6.45) is 0.215. The molecule has 1 aromatic carbocycles. The first-order valence-corrected chi connectivity index (χ1v) is 6.31. The third-order valence-corrected chi connectivity index (χ3v) is 3.24. The third kappa shape index (κ3) is 3.12. The van der Waals surface area contributed by atoms with Crippen LogP contribution in [-0.2, 0) is 11.3 Å². The Morgan fingerprint density at radius 1 is 1.47 bits per heavy atom. The van der Waals surface area contributed by atoms with E-state index in [1.165, 1.54) is 0 Å². The van der Waals surface area contributed by atoms with E-state index in [0.29, 0.717) is 6.79 Å². The minimum atomic E-state index is 0.215.